The maximum atomic E-state index is 13.2. The third-order valence-corrected chi connectivity index (χ3v) is 5.93. The average molecular weight is 406 g/mol. The molecule has 0 spiro atoms. The highest BCUT2D eigenvalue weighted by Crippen LogP contribution is 2.40. The maximum absolute atomic E-state index is 13.2. The minimum atomic E-state index is -0.210. The molecule has 0 radical (unpaired) electrons. The summed E-state index contributed by atoms with van der Waals surface area (Å²) in [5.41, 5.74) is 4.01. The van der Waals surface area contributed by atoms with Crippen LogP contribution < -0.4 is 5.32 Å². The van der Waals surface area contributed by atoms with E-state index in [1.807, 2.05) is 11.8 Å². The van der Waals surface area contributed by atoms with Crippen molar-refractivity contribution in [3.63, 3.8) is 0 Å². The molecule has 2 aromatic rings. The minimum Gasteiger partial charge on any atom is -0.392 e. The average Bonchev–Trinajstić information content (AvgIpc) is 3.23. The summed E-state index contributed by atoms with van der Waals surface area (Å²) >= 11 is 12.5. The number of nitrogens with one attached hydrogen (secondary N) is 1. The van der Waals surface area contributed by atoms with Crippen LogP contribution in [0.5, 0.6) is 0 Å². The van der Waals surface area contributed by atoms with E-state index in [0.717, 1.165) is 25.1 Å². The van der Waals surface area contributed by atoms with Crippen LogP contribution in [-0.4, -0.2) is 40.0 Å². The zero-order valence-corrected chi connectivity index (χ0v) is 16.6. The van der Waals surface area contributed by atoms with Crippen LogP contribution in [0.4, 0.5) is 0 Å². The summed E-state index contributed by atoms with van der Waals surface area (Å²) in [6.07, 6.45) is 2.21. The number of aliphatic hydroxyl groups is 1. The Morgan fingerprint density at radius 2 is 2.15 bits per heavy atom. The van der Waals surface area contributed by atoms with Crippen LogP contribution in [0.25, 0.3) is 11.1 Å². The molecular formula is C20H21Cl2N3O2. The fraction of sp³-hybridized carbons (Fsp3) is 0.400. The van der Waals surface area contributed by atoms with Gasteiger partial charge in [0.05, 0.1) is 24.4 Å². The Balaban J connectivity index is 1.82. The van der Waals surface area contributed by atoms with Crippen LogP contribution in [0.15, 0.2) is 18.2 Å². The predicted octanol–water partition coefficient (Wildman–Crippen LogP) is 3.56. The summed E-state index contributed by atoms with van der Waals surface area (Å²) in [5, 5.41) is 14.4. The smallest absolute Gasteiger partial charge is 0.256 e. The van der Waals surface area contributed by atoms with Gasteiger partial charge in [-0.15, -0.1) is 0 Å². The first-order valence-corrected chi connectivity index (χ1v) is 9.86. The maximum Gasteiger partial charge on any atom is 0.256 e. The molecule has 142 valence electrons. The van der Waals surface area contributed by atoms with Gasteiger partial charge in [0.15, 0.2) is 0 Å². The van der Waals surface area contributed by atoms with Gasteiger partial charge >= 0.3 is 0 Å². The molecule has 1 unspecified atom stereocenters. The van der Waals surface area contributed by atoms with Crippen molar-refractivity contribution in [1.29, 1.82) is 0 Å². The van der Waals surface area contributed by atoms with Crippen molar-refractivity contribution in [2.75, 3.05) is 13.1 Å². The number of amides is 1. The van der Waals surface area contributed by atoms with Gasteiger partial charge in [-0.25, -0.2) is 0 Å². The van der Waals surface area contributed by atoms with Crippen LogP contribution in [-0.2, 0) is 13.2 Å². The Bertz CT molecular complexity index is 911. The highest BCUT2D eigenvalue weighted by atomic mass is 35.5. The van der Waals surface area contributed by atoms with Gasteiger partial charge in [-0.3, -0.25) is 9.78 Å². The number of pyridine rings is 1. The second-order valence-electron chi connectivity index (χ2n) is 7.13. The number of fused-ring (bicyclic) bond motifs is 1. The van der Waals surface area contributed by atoms with Crippen LogP contribution in [0.1, 0.15) is 40.2 Å². The number of aryl methyl sites for hydroxylation is 1. The highest BCUT2D eigenvalue weighted by molar-refractivity contribution is 6.36. The number of rotatable bonds is 4. The molecule has 4 rings (SSSR count). The number of halogens is 2. The van der Waals surface area contributed by atoms with E-state index in [1.54, 1.807) is 18.2 Å². The van der Waals surface area contributed by atoms with Gasteiger partial charge in [-0.05, 0) is 38.4 Å². The number of aliphatic hydroxyl groups excluding tert-OH is 1. The molecule has 27 heavy (non-hydrogen) atoms. The van der Waals surface area contributed by atoms with Gasteiger partial charge in [-0.1, -0.05) is 29.3 Å². The van der Waals surface area contributed by atoms with Gasteiger partial charge in [0, 0.05) is 45.0 Å². The van der Waals surface area contributed by atoms with Crippen molar-refractivity contribution >= 4 is 29.1 Å². The van der Waals surface area contributed by atoms with Crippen molar-refractivity contribution in [2.45, 2.75) is 39.0 Å². The fourth-order valence-corrected chi connectivity index (χ4v) is 4.57. The molecule has 1 aromatic heterocycles. The summed E-state index contributed by atoms with van der Waals surface area (Å²) < 4.78 is 0. The molecule has 1 fully saturated rings. The van der Waals surface area contributed by atoms with Crippen molar-refractivity contribution in [1.82, 2.24) is 15.2 Å². The molecule has 2 aliphatic rings. The first kappa shape index (κ1) is 18.7. The molecule has 1 amide bonds. The van der Waals surface area contributed by atoms with Crippen LogP contribution >= 0.6 is 23.2 Å². The zero-order valence-electron chi connectivity index (χ0n) is 15.1. The summed E-state index contributed by atoms with van der Waals surface area (Å²) in [7, 11) is 0. The fourth-order valence-electron chi connectivity index (χ4n) is 4.07. The monoisotopic (exact) mass is 405 g/mol. The number of nitrogens with zero attached hydrogens (tertiary/aromatic N) is 2. The van der Waals surface area contributed by atoms with Crippen LogP contribution in [0.2, 0.25) is 10.0 Å². The lowest BCUT2D eigenvalue weighted by Crippen LogP contribution is -2.37. The van der Waals surface area contributed by atoms with Crippen molar-refractivity contribution in [2.24, 2.45) is 0 Å². The molecule has 0 bridgehead atoms. The topological polar surface area (TPSA) is 65.5 Å². The molecule has 3 heterocycles. The lowest BCUT2D eigenvalue weighted by Gasteiger charge is -2.20. The third kappa shape index (κ3) is 3.34. The highest BCUT2D eigenvalue weighted by Gasteiger charge is 2.35. The Morgan fingerprint density at radius 3 is 2.81 bits per heavy atom. The van der Waals surface area contributed by atoms with E-state index < -0.39 is 0 Å². The summed E-state index contributed by atoms with van der Waals surface area (Å²) in [5.74, 6) is -0.0538. The SMILES string of the molecule is Cc1nc2c(c(-c3ccc(Cl)cc3Cl)c1CO)C(=O)N(CC1CCCN1)C2. The number of benzene rings is 1. The molecule has 0 aliphatic carbocycles. The number of aromatic nitrogens is 1. The number of carbonyl (C=O) groups is 1. The van der Waals surface area contributed by atoms with Crippen LogP contribution in [0.3, 0.4) is 0 Å². The Labute approximate surface area is 168 Å². The molecule has 0 saturated carbocycles. The van der Waals surface area contributed by atoms with Crippen molar-refractivity contribution in [3.05, 3.63) is 50.8 Å². The van der Waals surface area contributed by atoms with Crippen molar-refractivity contribution in [3.8, 4) is 11.1 Å². The quantitative estimate of drug-likeness (QED) is 0.815. The van der Waals surface area contributed by atoms with E-state index >= 15 is 0 Å². The lowest BCUT2D eigenvalue weighted by atomic mass is 9.93. The normalized spacial score (nSPS) is 19.0. The second kappa shape index (κ2) is 7.40. The molecule has 2 N–H and O–H groups in total. The number of hydrogen-bond acceptors (Lipinski definition) is 4. The predicted molar refractivity (Wildman–Crippen MR) is 106 cm³/mol. The van der Waals surface area contributed by atoms with E-state index in [4.69, 9.17) is 23.2 Å². The van der Waals surface area contributed by atoms with E-state index in [9.17, 15) is 9.90 Å². The summed E-state index contributed by atoms with van der Waals surface area (Å²) in [4.78, 5) is 19.7. The molecule has 1 aromatic carbocycles. The van der Waals surface area contributed by atoms with Gasteiger partial charge in [-0.2, -0.15) is 0 Å². The molecule has 7 heteroatoms. The number of hydrogen-bond donors (Lipinski definition) is 2. The van der Waals surface area contributed by atoms with E-state index in [2.05, 4.69) is 10.3 Å². The van der Waals surface area contributed by atoms with Gasteiger partial charge in [0.2, 0.25) is 0 Å². The van der Waals surface area contributed by atoms with E-state index in [0.29, 0.717) is 57.1 Å². The van der Waals surface area contributed by atoms with Gasteiger partial charge in [0.25, 0.3) is 5.91 Å². The number of carbonyl (C=O) groups excluding carboxylic acids is 1. The summed E-state index contributed by atoms with van der Waals surface area (Å²) in [6.45, 7) is 3.79. The minimum absolute atomic E-state index is 0.0538. The molecule has 1 saturated heterocycles. The van der Waals surface area contributed by atoms with Gasteiger partial charge < -0.3 is 15.3 Å². The largest absolute Gasteiger partial charge is 0.392 e. The van der Waals surface area contributed by atoms with E-state index in [1.165, 1.54) is 0 Å². The Morgan fingerprint density at radius 1 is 1.33 bits per heavy atom. The second-order valence-corrected chi connectivity index (χ2v) is 7.98. The first-order chi connectivity index (χ1) is 13.0. The van der Waals surface area contributed by atoms with Crippen molar-refractivity contribution < 1.29 is 9.90 Å². The molecule has 5 nitrogen and oxygen atoms in total. The third-order valence-electron chi connectivity index (χ3n) is 5.38. The molecule has 2 aliphatic heterocycles. The Hall–Kier alpha value is -1.66. The van der Waals surface area contributed by atoms with Crippen LogP contribution in [0, 0.1) is 6.92 Å². The zero-order chi connectivity index (χ0) is 19.1. The Kier molecular flexibility index (Phi) is 5.12. The van der Waals surface area contributed by atoms with Gasteiger partial charge in [0.1, 0.15) is 0 Å². The first-order valence-electron chi connectivity index (χ1n) is 9.11. The standard InChI is InChI=1S/C20H21Cl2N3O2/c1-11-15(10-26)18(14-5-4-12(21)7-16(14)22)19-17(24-11)9-25(20(19)27)8-13-3-2-6-23-13/h4-5,7,13,23,26H,2-3,6,8-10H2,1H3. The molecular weight excluding hydrogens is 385 g/mol. The summed E-state index contributed by atoms with van der Waals surface area (Å²) in [6, 6.07) is 5.52. The molecule has 1 atom stereocenters. The lowest BCUT2D eigenvalue weighted by molar-refractivity contribution is 0.0765. The van der Waals surface area contributed by atoms with E-state index in [-0.39, 0.29) is 12.5 Å².